The number of methoxy groups -OCH3 is 1. The Balaban J connectivity index is 1.80. The second-order valence-electron chi connectivity index (χ2n) is 6.34. The van der Waals surface area contributed by atoms with E-state index in [1.165, 1.54) is 10.7 Å². The molecule has 0 saturated heterocycles. The van der Waals surface area contributed by atoms with Crippen molar-refractivity contribution in [2.75, 3.05) is 13.7 Å². The van der Waals surface area contributed by atoms with Crippen LogP contribution in [-0.2, 0) is 17.9 Å². The molecule has 0 radical (unpaired) electrons. The maximum absolute atomic E-state index is 12.8. The van der Waals surface area contributed by atoms with Crippen LogP contribution in [0.15, 0.2) is 71.5 Å². The fourth-order valence-corrected chi connectivity index (χ4v) is 2.91. The number of amides is 1. The molecule has 3 aromatic rings. The van der Waals surface area contributed by atoms with Crippen LogP contribution < -0.4 is 10.3 Å². The Labute approximate surface area is 164 Å². The highest BCUT2D eigenvalue weighted by atomic mass is 16.5. The SMILES string of the molecule is CCN(Cc1ccccc1)C(=O)Cn1nc(-c2cccc(OC)c2)ccc1=O. The van der Waals surface area contributed by atoms with Crippen LogP contribution in [0.2, 0.25) is 0 Å². The monoisotopic (exact) mass is 377 g/mol. The average Bonchev–Trinajstić information content (AvgIpc) is 2.74. The number of nitrogens with zero attached hydrogens (tertiary/aromatic N) is 3. The van der Waals surface area contributed by atoms with Gasteiger partial charge in [-0.15, -0.1) is 0 Å². The number of likely N-dealkylation sites (N-methyl/N-ethyl adjacent to an activating group) is 1. The van der Waals surface area contributed by atoms with Crippen molar-refractivity contribution in [1.29, 1.82) is 0 Å². The Morgan fingerprint density at radius 2 is 1.86 bits per heavy atom. The molecule has 0 aliphatic rings. The first kappa shape index (κ1) is 19.4. The summed E-state index contributed by atoms with van der Waals surface area (Å²) < 4.78 is 6.45. The van der Waals surface area contributed by atoms with Gasteiger partial charge in [0.2, 0.25) is 5.91 Å². The molecule has 144 valence electrons. The molecule has 0 aliphatic heterocycles. The molecular formula is C22H23N3O3. The van der Waals surface area contributed by atoms with Gasteiger partial charge in [-0.2, -0.15) is 5.10 Å². The minimum atomic E-state index is -0.309. The van der Waals surface area contributed by atoms with Crippen LogP contribution in [-0.4, -0.2) is 34.2 Å². The van der Waals surface area contributed by atoms with Crippen LogP contribution in [0.3, 0.4) is 0 Å². The molecule has 2 aromatic carbocycles. The fraction of sp³-hybridized carbons (Fsp3) is 0.227. The number of hydrogen-bond acceptors (Lipinski definition) is 4. The van der Waals surface area contributed by atoms with Gasteiger partial charge in [0, 0.05) is 24.7 Å². The van der Waals surface area contributed by atoms with Gasteiger partial charge in [0.25, 0.3) is 5.56 Å². The Morgan fingerprint density at radius 1 is 1.07 bits per heavy atom. The van der Waals surface area contributed by atoms with Gasteiger partial charge in [0.05, 0.1) is 12.8 Å². The van der Waals surface area contributed by atoms with Crippen molar-refractivity contribution in [3.8, 4) is 17.0 Å². The Kier molecular flexibility index (Phi) is 6.22. The Morgan fingerprint density at radius 3 is 2.57 bits per heavy atom. The third-order valence-corrected chi connectivity index (χ3v) is 4.47. The summed E-state index contributed by atoms with van der Waals surface area (Å²) in [4.78, 5) is 26.7. The van der Waals surface area contributed by atoms with E-state index in [-0.39, 0.29) is 18.0 Å². The zero-order chi connectivity index (χ0) is 19.9. The number of hydrogen-bond donors (Lipinski definition) is 0. The summed E-state index contributed by atoms with van der Waals surface area (Å²) in [6.45, 7) is 2.87. The smallest absolute Gasteiger partial charge is 0.267 e. The molecule has 1 heterocycles. The maximum Gasteiger partial charge on any atom is 0.267 e. The highest BCUT2D eigenvalue weighted by Crippen LogP contribution is 2.21. The Bertz CT molecular complexity index is 999. The van der Waals surface area contributed by atoms with Gasteiger partial charge in [-0.1, -0.05) is 42.5 Å². The molecule has 0 aliphatic carbocycles. The lowest BCUT2D eigenvalue weighted by Gasteiger charge is -2.21. The molecule has 1 aromatic heterocycles. The first-order valence-corrected chi connectivity index (χ1v) is 9.15. The quantitative estimate of drug-likeness (QED) is 0.635. The van der Waals surface area contributed by atoms with Crippen molar-refractivity contribution in [2.24, 2.45) is 0 Å². The van der Waals surface area contributed by atoms with Crippen LogP contribution in [0.5, 0.6) is 5.75 Å². The van der Waals surface area contributed by atoms with Crippen LogP contribution in [0.4, 0.5) is 0 Å². The standard InChI is InChI=1S/C22H23N3O3/c1-3-24(15-17-8-5-4-6-9-17)22(27)16-25-21(26)13-12-20(23-25)18-10-7-11-19(14-18)28-2/h4-14H,3,15-16H2,1-2H3. The lowest BCUT2D eigenvalue weighted by atomic mass is 10.1. The van der Waals surface area contributed by atoms with E-state index in [2.05, 4.69) is 5.10 Å². The van der Waals surface area contributed by atoms with Crippen LogP contribution in [0, 0.1) is 0 Å². The van der Waals surface area contributed by atoms with Crippen LogP contribution in [0.25, 0.3) is 11.3 Å². The molecule has 1 amide bonds. The van der Waals surface area contributed by atoms with E-state index in [9.17, 15) is 9.59 Å². The van der Waals surface area contributed by atoms with Crippen molar-refractivity contribution >= 4 is 5.91 Å². The third kappa shape index (κ3) is 4.65. The third-order valence-electron chi connectivity index (χ3n) is 4.47. The molecule has 0 N–H and O–H groups in total. The second kappa shape index (κ2) is 8.99. The lowest BCUT2D eigenvalue weighted by Crippen LogP contribution is -2.36. The molecule has 0 bridgehead atoms. The highest BCUT2D eigenvalue weighted by molar-refractivity contribution is 5.76. The van der Waals surface area contributed by atoms with Gasteiger partial charge in [-0.25, -0.2) is 4.68 Å². The number of aromatic nitrogens is 2. The number of ether oxygens (including phenoxy) is 1. The molecule has 0 fully saturated rings. The number of carbonyl (C=O) groups is 1. The summed E-state index contributed by atoms with van der Waals surface area (Å²) >= 11 is 0. The molecule has 6 nitrogen and oxygen atoms in total. The summed E-state index contributed by atoms with van der Waals surface area (Å²) in [6, 6.07) is 20.3. The first-order valence-electron chi connectivity index (χ1n) is 9.15. The van der Waals surface area contributed by atoms with Gasteiger partial charge < -0.3 is 9.64 Å². The molecule has 0 unspecified atom stereocenters. The van der Waals surface area contributed by atoms with Crippen molar-refractivity contribution in [2.45, 2.75) is 20.0 Å². The van der Waals surface area contributed by atoms with E-state index >= 15 is 0 Å². The second-order valence-corrected chi connectivity index (χ2v) is 6.34. The fourth-order valence-electron chi connectivity index (χ4n) is 2.91. The highest BCUT2D eigenvalue weighted by Gasteiger charge is 2.15. The predicted octanol–water partition coefficient (Wildman–Crippen LogP) is 2.97. The average molecular weight is 377 g/mol. The summed E-state index contributed by atoms with van der Waals surface area (Å²) in [5.74, 6) is 0.553. The van der Waals surface area contributed by atoms with Gasteiger partial charge in [0.1, 0.15) is 12.3 Å². The number of rotatable bonds is 7. The molecular weight excluding hydrogens is 354 g/mol. The van der Waals surface area contributed by atoms with Gasteiger partial charge in [0.15, 0.2) is 0 Å². The molecule has 0 atom stereocenters. The zero-order valence-electron chi connectivity index (χ0n) is 16.0. The first-order chi connectivity index (χ1) is 13.6. The van der Waals surface area contributed by atoms with Crippen molar-refractivity contribution in [1.82, 2.24) is 14.7 Å². The summed E-state index contributed by atoms with van der Waals surface area (Å²) in [5, 5.41) is 4.38. The van der Waals surface area contributed by atoms with E-state index in [0.29, 0.717) is 24.5 Å². The largest absolute Gasteiger partial charge is 0.497 e. The summed E-state index contributed by atoms with van der Waals surface area (Å²) in [6.07, 6.45) is 0. The summed E-state index contributed by atoms with van der Waals surface area (Å²) in [7, 11) is 1.60. The van der Waals surface area contributed by atoms with Crippen molar-refractivity contribution < 1.29 is 9.53 Å². The van der Waals surface area contributed by atoms with Crippen LogP contribution >= 0.6 is 0 Å². The molecule has 0 saturated carbocycles. The maximum atomic E-state index is 12.8. The minimum absolute atomic E-state index is 0.0999. The molecule has 6 heteroatoms. The van der Waals surface area contributed by atoms with E-state index in [4.69, 9.17) is 4.74 Å². The molecule has 28 heavy (non-hydrogen) atoms. The van der Waals surface area contributed by atoms with Gasteiger partial charge >= 0.3 is 0 Å². The molecule has 0 spiro atoms. The normalized spacial score (nSPS) is 10.5. The van der Waals surface area contributed by atoms with Gasteiger partial charge in [-0.3, -0.25) is 9.59 Å². The van der Waals surface area contributed by atoms with E-state index in [1.807, 2.05) is 61.5 Å². The van der Waals surface area contributed by atoms with Crippen molar-refractivity contribution in [3.05, 3.63) is 82.6 Å². The minimum Gasteiger partial charge on any atom is -0.497 e. The topological polar surface area (TPSA) is 64.4 Å². The number of carbonyl (C=O) groups excluding carboxylic acids is 1. The van der Waals surface area contributed by atoms with E-state index < -0.39 is 0 Å². The number of benzene rings is 2. The predicted molar refractivity (Wildman–Crippen MR) is 108 cm³/mol. The van der Waals surface area contributed by atoms with E-state index in [1.54, 1.807) is 18.1 Å². The lowest BCUT2D eigenvalue weighted by molar-refractivity contribution is -0.132. The van der Waals surface area contributed by atoms with E-state index in [0.717, 1.165) is 11.1 Å². The molecule has 3 rings (SSSR count). The zero-order valence-corrected chi connectivity index (χ0v) is 16.0. The Hall–Kier alpha value is -3.41. The van der Waals surface area contributed by atoms with Gasteiger partial charge in [-0.05, 0) is 30.7 Å². The summed E-state index contributed by atoms with van der Waals surface area (Å²) in [5.41, 5.74) is 2.16. The van der Waals surface area contributed by atoms with Crippen LogP contribution in [0.1, 0.15) is 12.5 Å². The van der Waals surface area contributed by atoms with Crippen molar-refractivity contribution in [3.63, 3.8) is 0 Å².